The van der Waals surface area contributed by atoms with Crippen molar-refractivity contribution in [3.05, 3.63) is 59.9 Å². The van der Waals surface area contributed by atoms with Crippen LogP contribution in [0, 0.1) is 13.8 Å². The van der Waals surface area contributed by atoms with Crippen LogP contribution >= 0.6 is 24.0 Å². The number of rotatable bonds is 1. The number of fused-ring (bicyclic) bond motifs is 1. The summed E-state index contributed by atoms with van der Waals surface area (Å²) >= 11 is 0. The van der Waals surface area contributed by atoms with Gasteiger partial charge in [-0.3, -0.25) is 0 Å². The molecule has 0 amide bonds. The molecule has 0 atom stereocenters. The van der Waals surface area contributed by atoms with Crippen molar-refractivity contribution in [1.29, 1.82) is 0 Å². The Hall–Kier alpha value is -1.36. The highest BCUT2D eigenvalue weighted by Gasteiger charge is 2.06. The second-order valence-corrected chi connectivity index (χ2v) is 4.41. The molecule has 0 saturated carbocycles. The monoisotopic (exact) mass is 350 g/mol. The summed E-state index contributed by atoms with van der Waals surface area (Å²) in [7, 11) is 0. The molecule has 0 aliphatic rings. The molecule has 2 nitrogen and oxygen atoms in total. The molecule has 18 heavy (non-hydrogen) atoms. The highest BCUT2D eigenvalue weighted by atomic mass is 127. The lowest BCUT2D eigenvalue weighted by Gasteiger charge is -2.02. The van der Waals surface area contributed by atoms with E-state index in [1.54, 1.807) is 0 Å². The minimum absolute atomic E-state index is 0. The number of aromatic nitrogens is 2. The molecular weight excluding hydrogens is 335 g/mol. The minimum Gasteiger partial charge on any atom is -0.306 e. The van der Waals surface area contributed by atoms with Gasteiger partial charge in [0, 0.05) is 18.0 Å². The largest absolute Gasteiger partial charge is 0.306 e. The van der Waals surface area contributed by atoms with Gasteiger partial charge in [-0.15, -0.1) is 24.0 Å². The lowest BCUT2D eigenvalue weighted by molar-refractivity contribution is 1.19. The van der Waals surface area contributed by atoms with E-state index in [0.717, 1.165) is 11.3 Å². The molecule has 2 aromatic heterocycles. The van der Waals surface area contributed by atoms with Crippen LogP contribution in [0.2, 0.25) is 0 Å². The summed E-state index contributed by atoms with van der Waals surface area (Å²) in [6.45, 7) is 4.24. The molecular formula is C15H15IN2. The number of nitrogens with zero attached hydrogens (tertiary/aromatic N) is 2. The van der Waals surface area contributed by atoms with E-state index in [1.165, 1.54) is 16.7 Å². The summed E-state index contributed by atoms with van der Waals surface area (Å²) < 4.78 is 2.05. The van der Waals surface area contributed by atoms with Gasteiger partial charge >= 0.3 is 0 Å². The predicted octanol–water partition coefficient (Wildman–Crippen LogP) is 4.24. The molecule has 0 bridgehead atoms. The molecule has 0 spiro atoms. The first-order chi connectivity index (χ1) is 8.24. The molecule has 1 aromatic carbocycles. The molecule has 3 heteroatoms. The molecule has 0 fully saturated rings. The number of imidazole rings is 1. The van der Waals surface area contributed by atoms with Crippen LogP contribution in [0.4, 0.5) is 0 Å². The van der Waals surface area contributed by atoms with Crippen molar-refractivity contribution in [3.63, 3.8) is 0 Å². The van der Waals surface area contributed by atoms with Crippen molar-refractivity contribution >= 4 is 29.6 Å². The van der Waals surface area contributed by atoms with E-state index in [4.69, 9.17) is 0 Å². The maximum Gasteiger partial charge on any atom is 0.137 e. The Labute approximate surface area is 124 Å². The maximum atomic E-state index is 4.64. The maximum absolute atomic E-state index is 4.64. The van der Waals surface area contributed by atoms with E-state index in [0.29, 0.717) is 0 Å². The van der Waals surface area contributed by atoms with Gasteiger partial charge in [-0.2, -0.15) is 0 Å². The summed E-state index contributed by atoms with van der Waals surface area (Å²) in [6, 6.07) is 12.5. The number of pyridine rings is 1. The molecule has 3 aromatic rings. The van der Waals surface area contributed by atoms with Gasteiger partial charge < -0.3 is 4.40 Å². The first-order valence-corrected chi connectivity index (χ1v) is 5.75. The average Bonchev–Trinajstić information content (AvgIpc) is 2.72. The Balaban J connectivity index is 0.00000120. The second kappa shape index (κ2) is 5.10. The van der Waals surface area contributed by atoms with Gasteiger partial charge in [-0.05, 0) is 31.5 Å². The van der Waals surface area contributed by atoms with Crippen molar-refractivity contribution in [2.24, 2.45) is 0 Å². The summed E-state index contributed by atoms with van der Waals surface area (Å²) in [5.74, 6) is 0. The zero-order chi connectivity index (χ0) is 11.8. The minimum atomic E-state index is 0. The summed E-state index contributed by atoms with van der Waals surface area (Å²) in [5.41, 5.74) is 5.79. The molecule has 92 valence electrons. The Morgan fingerprint density at radius 1 is 1.06 bits per heavy atom. The fourth-order valence-corrected chi connectivity index (χ4v) is 2.17. The third-order valence-electron chi connectivity index (χ3n) is 3.02. The van der Waals surface area contributed by atoms with E-state index < -0.39 is 0 Å². The van der Waals surface area contributed by atoms with E-state index in [-0.39, 0.29) is 24.0 Å². The lowest BCUT2D eigenvalue weighted by atomic mass is 10.0. The van der Waals surface area contributed by atoms with Crippen molar-refractivity contribution in [2.45, 2.75) is 13.8 Å². The zero-order valence-corrected chi connectivity index (χ0v) is 12.8. The molecule has 2 heterocycles. The third kappa shape index (κ3) is 2.27. The Bertz CT molecular complexity index is 653. The number of halogens is 1. The summed E-state index contributed by atoms with van der Waals surface area (Å²) in [5, 5.41) is 0. The van der Waals surface area contributed by atoms with Crippen molar-refractivity contribution in [1.82, 2.24) is 9.38 Å². The van der Waals surface area contributed by atoms with E-state index in [9.17, 15) is 0 Å². The topological polar surface area (TPSA) is 17.3 Å². The highest BCUT2D eigenvalue weighted by Crippen LogP contribution is 2.23. The van der Waals surface area contributed by atoms with E-state index in [1.807, 2.05) is 24.4 Å². The Morgan fingerprint density at radius 2 is 1.89 bits per heavy atom. The first kappa shape index (κ1) is 13.1. The molecule has 0 aliphatic heterocycles. The molecule has 0 saturated heterocycles. The van der Waals surface area contributed by atoms with Crippen molar-refractivity contribution < 1.29 is 0 Å². The van der Waals surface area contributed by atoms with E-state index in [2.05, 4.69) is 47.6 Å². The molecule has 0 unspecified atom stereocenters. The van der Waals surface area contributed by atoms with Crippen LogP contribution < -0.4 is 0 Å². The Kier molecular flexibility index (Phi) is 3.71. The van der Waals surface area contributed by atoms with Crippen molar-refractivity contribution in [3.8, 4) is 11.3 Å². The van der Waals surface area contributed by atoms with Crippen LogP contribution in [0.25, 0.3) is 16.9 Å². The van der Waals surface area contributed by atoms with Gasteiger partial charge in [-0.25, -0.2) is 4.98 Å². The summed E-state index contributed by atoms with van der Waals surface area (Å²) in [4.78, 5) is 4.64. The Morgan fingerprint density at radius 3 is 2.61 bits per heavy atom. The van der Waals surface area contributed by atoms with Crippen LogP contribution in [0.3, 0.4) is 0 Å². The molecule has 0 N–H and O–H groups in total. The predicted molar refractivity (Wildman–Crippen MR) is 85.5 cm³/mol. The van der Waals surface area contributed by atoms with Crippen LogP contribution in [-0.2, 0) is 0 Å². The van der Waals surface area contributed by atoms with Gasteiger partial charge in [0.25, 0.3) is 0 Å². The third-order valence-corrected chi connectivity index (χ3v) is 3.02. The SMILES string of the molecule is Cc1ccc(-c2cn3ccccc3n2)c(C)c1.I. The molecule has 0 radical (unpaired) electrons. The normalized spacial score (nSPS) is 10.3. The van der Waals surface area contributed by atoms with Crippen LogP contribution in [0.5, 0.6) is 0 Å². The van der Waals surface area contributed by atoms with E-state index >= 15 is 0 Å². The van der Waals surface area contributed by atoms with Gasteiger partial charge in [0.05, 0.1) is 5.69 Å². The van der Waals surface area contributed by atoms with Gasteiger partial charge in [0.15, 0.2) is 0 Å². The van der Waals surface area contributed by atoms with Crippen LogP contribution in [0.1, 0.15) is 11.1 Å². The highest BCUT2D eigenvalue weighted by molar-refractivity contribution is 14.0. The van der Waals surface area contributed by atoms with Gasteiger partial charge in [0.2, 0.25) is 0 Å². The first-order valence-electron chi connectivity index (χ1n) is 5.75. The van der Waals surface area contributed by atoms with Gasteiger partial charge in [0.1, 0.15) is 5.65 Å². The number of benzene rings is 1. The number of hydrogen-bond donors (Lipinski definition) is 0. The quantitative estimate of drug-likeness (QED) is 0.600. The fourth-order valence-electron chi connectivity index (χ4n) is 2.17. The smallest absolute Gasteiger partial charge is 0.137 e. The standard InChI is InChI=1S/C15H14N2.HI/c1-11-6-7-13(12(2)9-11)14-10-17-8-4-3-5-15(17)16-14;/h3-10H,1-2H3;1H. The number of aryl methyl sites for hydroxylation is 2. The summed E-state index contributed by atoms with van der Waals surface area (Å²) in [6.07, 6.45) is 4.10. The molecule has 0 aliphatic carbocycles. The second-order valence-electron chi connectivity index (χ2n) is 4.41. The van der Waals surface area contributed by atoms with Gasteiger partial charge in [-0.1, -0.05) is 29.8 Å². The zero-order valence-electron chi connectivity index (χ0n) is 10.4. The number of hydrogen-bond acceptors (Lipinski definition) is 1. The fraction of sp³-hybridized carbons (Fsp3) is 0.133. The lowest BCUT2D eigenvalue weighted by Crippen LogP contribution is -1.84. The van der Waals surface area contributed by atoms with Crippen LogP contribution in [-0.4, -0.2) is 9.38 Å². The van der Waals surface area contributed by atoms with Crippen molar-refractivity contribution in [2.75, 3.05) is 0 Å². The van der Waals surface area contributed by atoms with Crippen LogP contribution in [0.15, 0.2) is 48.8 Å². The molecule has 3 rings (SSSR count). The average molecular weight is 350 g/mol.